The zero-order chi connectivity index (χ0) is 20.1. The monoisotopic (exact) mass is 444 g/mol. The number of thiophene rings is 1. The number of carbonyl (C=O) groups excluding carboxylic acids is 1. The summed E-state index contributed by atoms with van der Waals surface area (Å²) >= 11 is 2.32. The highest BCUT2D eigenvalue weighted by Crippen LogP contribution is 2.35. The fourth-order valence-corrected chi connectivity index (χ4v) is 5.86. The molecule has 1 aliphatic heterocycles. The van der Waals surface area contributed by atoms with E-state index in [9.17, 15) is 14.2 Å². The molecule has 11 heteroatoms. The molecule has 3 atom stereocenters. The first-order valence-corrected chi connectivity index (χ1v) is 12.2. The first-order chi connectivity index (χ1) is 13.4. The van der Waals surface area contributed by atoms with E-state index in [1.165, 1.54) is 11.3 Å². The van der Waals surface area contributed by atoms with Gasteiger partial charge in [-0.1, -0.05) is 37.4 Å². The van der Waals surface area contributed by atoms with E-state index in [1.807, 2.05) is 0 Å². The Morgan fingerprint density at radius 3 is 2.96 bits per heavy atom. The van der Waals surface area contributed by atoms with Crippen LogP contribution in [0.3, 0.4) is 0 Å². The molecule has 28 heavy (non-hydrogen) atoms. The second-order valence-electron chi connectivity index (χ2n) is 6.77. The third kappa shape index (κ3) is 4.84. The van der Waals surface area contributed by atoms with Crippen molar-refractivity contribution in [3.8, 4) is 0 Å². The van der Waals surface area contributed by atoms with Crippen molar-refractivity contribution >= 4 is 44.6 Å². The van der Waals surface area contributed by atoms with E-state index in [0.717, 1.165) is 37.0 Å². The van der Waals surface area contributed by atoms with E-state index in [4.69, 9.17) is 4.74 Å². The summed E-state index contributed by atoms with van der Waals surface area (Å²) < 4.78 is 17.4. The molecule has 3 unspecified atom stereocenters. The van der Waals surface area contributed by atoms with Crippen LogP contribution in [-0.4, -0.2) is 57.5 Å². The number of carbonyl (C=O) groups is 1. The van der Waals surface area contributed by atoms with Crippen LogP contribution >= 0.6 is 22.7 Å². The quantitative estimate of drug-likeness (QED) is 0.254. The second kappa shape index (κ2) is 9.51. The van der Waals surface area contributed by atoms with Crippen molar-refractivity contribution in [1.82, 2.24) is 19.7 Å². The molecule has 0 amide bonds. The van der Waals surface area contributed by atoms with E-state index < -0.39 is 27.6 Å². The van der Waals surface area contributed by atoms with Gasteiger partial charge in [-0.3, -0.25) is 8.86 Å². The van der Waals surface area contributed by atoms with E-state index in [0.29, 0.717) is 21.5 Å². The van der Waals surface area contributed by atoms with Gasteiger partial charge in [0.2, 0.25) is 4.34 Å². The summed E-state index contributed by atoms with van der Waals surface area (Å²) in [4.78, 5) is 14.6. The summed E-state index contributed by atoms with van der Waals surface area (Å²) in [5, 5.41) is 23.5. The van der Waals surface area contributed by atoms with Crippen molar-refractivity contribution in [2.75, 3.05) is 26.0 Å². The highest BCUT2D eigenvalue weighted by atomic mass is 32.2. The number of aromatic nitrogens is 2. The molecule has 0 aromatic carbocycles. The minimum absolute atomic E-state index is 0.0974. The molecule has 0 aliphatic carbocycles. The summed E-state index contributed by atoms with van der Waals surface area (Å²) in [6, 6.07) is 3.42. The van der Waals surface area contributed by atoms with Gasteiger partial charge in [0.1, 0.15) is 11.5 Å². The first-order valence-electron chi connectivity index (χ1n) is 9.18. The van der Waals surface area contributed by atoms with Crippen LogP contribution in [0.1, 0.15) is 42.3 Å². The van der Waals surface area contributed by atoms with Crippen molar-refractivity contribution in [3.05, 3.63) is 27.6 Å². The second-order valence-corrected chi connectivity index (χ2v) is 10.4. The predicted molar refractivity (Wildman–Crippen MR) is 112 cm³/mol. The number of nitrogens with zero attached hydrogens (tertiary/aromatic N) is 4. The number of ether oxygens (including phenoxy) is 1. The van der Waals surface area contributed by atoms with Crippen LogP contribution in [0.2, 0.25) is 0 Å². The predicted octanol–water partition coefficient (Wildman–Crippen LogP) is 3.18. The Hall–Kier alpha value is -1.24. The Morgan fingerprint density at radius 2 is 2.25 bits per heavy atom. The summed E-state index contributed by atoms with van der Waals surface area (Å²) in [6.07, 6.45) is 3.18. The molecule has 3 rings (SSSR count). The van der Waals surface area contributed by atoms with Crippen LogP contribution in [-0.2, 0) is 15.5 Å². The molecule has 1 fully saturated rings. The molecule has 1 aliphatic rings. The zero-order valence-electron chi connectivity index (χ0n) is 15.9. The molecule has 0 spiro atoms. The molecule has 2 aromatic heterocycles. The van der Waals surface area contributed by atoms with Gasteiger partial charge in [0, 0.05) is 5.75 Å². The molecule has 0 radical (unpaired) electrons. The number of hydrogen-bond donors (Lipinski definition) is 0. The lowest BCUT2D eigenvalue weighted by molar-refractivity contribution is 0.00613. The minimum Gasteiger partial charge on any atom is -0.622 e. The van der Waals surface area contributed by atoms with Crippen LogP contribution in [0.4, 0.5) is 5.13 Å². The van der Waals surface area contributed by atoms with E-state index >= 15 is 0 Å². The highest BCUT2D eigenvalue weighted by Gasteiger charge is 2.45. The number of unbranched alkanes of at least 4 members (excludes halogenated alkanes) is 3. The summed E-state index contributed by atoms with van der Waals surface area (Å²) in [6.45, 7) is 2.52. The van der Waals surface area contributed by atoms with Gasteiger partial charge >= 0.3 is 11.1 Å². The molecule has 1 saturated heterocycles. The zero-order valence-corrected chi connectivity index (χ0v) is 18.4. The molecule has 0 N–H and O–H groups in total. The van der Waals surface area contributed by atoms with Crippen LogP contribution in [0.15, 0.2) is 21.9 Å². The van der Waals surface area contributed by atoms with Gasteiger partial charge < -0.3 is 9.94 Å². The Bertz CT molecular complexity index is 813. The molecular formula is C17H24N4O4S3. The Labute approximate surface area is 174 Å². The van der Waals surface area contributed by atoms with Crippen LogP contribution < -0.4 is 4.65 Å². The molecule has 2 aromatic rings. The molecule has 0 saturated carbocycles. The number of rotatable bonds is 9. The maximum atomic E-state index is 13.5. The Morgan fingerprint density at radius 1 is 1.43 bits per heavy atom. The van der Waals surface area contributed by atoms with E-state index in [1.54, 1.807) is 29.5 Å². The van der Waals surface area contributed by atoms with Crippen LogP contribution in [0.25, 0.3) is 0 Å². The molecule has 3 heterocycles. The van der Waals surface area contributed by atoms with Gasteiger partial charge in [0.05, 0.1) is 17.3 Å². The lowest BCUT2D eigenvalue weighted by atomic mass is 10.2. The molecule has 0 bridgehead atoms. The smallest absolute Gasteiger partial charge is 0.352 e. The van der Waals surface area contributed by atoms with Crippen molar-refractivity contribution in [3.63, 3.8) is 0 Å². The maximum Gasteiger partial charge on any atom is 0.352 e. The molecular weight excluding hydrogens is 420 g/mol. The number of hydroxylamine groups is 2. The average Bonchev–Trinajstić information content (AvgIpc) is 3.40. The van der Waals surface area contributed by atoms with Gasteiger partial charge in [0.25, 0.3) is 6.23 Å². The number of hydrogen-bond acceptors (Lipinski definition) is 9. The van der Waals surface area contributed by atoms with Gasteiger partial charge in [0.15, 0.2) is 0 Å². The van der Waals surface area contributed by atoms with Crippen molar-refractivity contribution in [2.24, 2.45) is 0 Å². The van der Waals surface area contributed by atoms with Crippen molar-refractivity contribution in [2.45, 2.75) is 43.2 Å². The molecule has 8 nitrogen and oxygen atoms in total. The summed E-state index contributed by atoms with van der Waals surface area (Å²) in [5.74, 6) is 0.00220. The van der Waals surface area contributed by atoms with Crippen LogP contribution in [0.5, 0.6) is 0 Å². The average molecular weight is 445 g/mol. The van der Waals surface area contributed by atoms with Crippen molar-refractivity contribution < 1.29 is 13.7 Å². The van der Waals surface area contributed by atoms with Gasteiger partial charge in [-0.05, 0) is 36.3 Å². The van der Waals surface area contributed by atoms with Gasteiger partial charge in [-0.25, -0.2) is 9.69 Å². The number of likely N-dealkylation sites (N-methyl/N-ethyl adjacent to an activating group) is 1. The van der Waals surface area contributed by atoms with E-state index in [2.05, 4.69) is 17.1 Å². The number of quaternary nitrogens is 1. The fraction of sp³-hybridized carbons (Fsp3) is 0.588. The lowest BCUT2D eigenvalue weighted by Crippen LogP contribution is -2.50. The summed E-state index contributed by atoms with van der Waals surface area (Å²) in [5.41, 5.74) is 0. The minimum atomic E-state index is -1.26. The maximum absolute atomic E-state index is 13.5. The fourth-order valence-electron chi connectivity index (χ4n) is 2.98. The summed E-state index contributed by atoms with van der Waals surface area (Å²) in [7, 11) is 0.526. The van der Waals surface area contributed by atoms with E-state index in [-0.39, 0.29) is 11.8 Å². The van der Waals surface area contributed by atoms with Gasteiger partial charge in [-0.2, -0.15) is 0 Å². The topological polar surface area (TPSA) is 95.4 Å². The Balaban J connectivity index is 1.70. The number of esters is 1. The third-order valence-electron chi connectivity index (χ3n) is 4.45. The Kier molecular flexibility index (Phi) is 7.29. The van der Waals surface area contributed by atoms with Crippen LogP contribution in [0, 0.1) is 5.21 Å². The van der Waals surface area contributed by atoms with Crippen molar-refractivity contribution in [1.29, 1.82) is 0 Å². The van der Waals surface area contributed by atoms with Gasteiger partial charge in [-0.15, -0.1) is 16.4 Å². The third-order valence-corrected chi connectivity index (χ3v) is 8.07. The molecule has 154 valence electrons. The SMILES string of the molecule is CCCCCCS(=O)c1nnc([N+]2([O-])CN(C)CC2OC(=O)c2cccs2)s1. The normalized spacial score (nSPS) is 23.8. The lowest BCUT2D eigenvalue weighted by Gasteiger charge is -2.38. The standard InChI is InChI=1S/C17H24N4O4S3/c1-3-4-5-6-10-28(24)17-19-18-16(27-17)21(23)12-20(2)11-14(21)25-15(22)13-8-7-9-26-13/h7-9,14H,3-6,10-12H2,1-2H3. The highest BCUT2D eigenvalue weighted by molar-refractivity contribution is 7.87. The first kappa shape index (κ1) is 21.5. The largest absolute Gasteiger partial charge is 0.622 e.